The standard InChI is InChI=1S/C12H20ClN7/c1-18(2)6-7-20-11(9(13)8-16-20)10(17-14)12-15-4-5-19(12)3/h4-5,8,10,17H,6-7,14H2,1-3H3. The van der Waals surface area contributed by atoms with Gasteiger partial charge in [-0.1, -0.05) is 11.6 Å². The highest BCUT2D eigenvalue weighted by Crippen LogP contribution is 2.26. The second-order valence-corrected chi connectivity index (χ2v) is 5.31. The van der Waals surface area contributed by atoms with Crippen molar-refractivity contribution in [2.24, 2.45) is 12.9 Å². The summed E-state index contributed by atoms with van der Waals surface area (Å²) in [7, 11) is 5.95. The zero-order valence-corrected chi connectivity index (χ0v) is 12.7. The highest BCUT2D eigenvalue weighted by Gasteiger charge is 2.24. The number of rotatable bonds is 6. The first kappa shape index (κ1) is 15.0. The highest BCUT2D eigenvalue weighted by molar-refractivity contribution is 6.31. The number of hydrogen-bond donors (Lipinski definition) is 2. The third kappa shape index (κ3) is 3.01. The van der Waals surface area contributed by atoms with Gasteiger partial charge in [-0.2, -0.15) is 5.10 Å². The predicted molar refractivity (Wildman–Crippen MR) is 78.2 cm³/mol. The molecule has 0 aromatic carbocycles. The Hall–Kier alpha value is -1.41. The fraction of sp³-hybridized carbons (Fsp3) is 0.500. The lowest BCUT2D eigenvalue weighted by Crippen LogP contribution is -2.33. The second-order valence-electron chi connectivity index (χ2n) is 4.90. The molecule has 0 radical (unpaired) electrons. The lowest BCUT2D eigenvalue weighted by Gasteiger charge is -2.19. The van der Waals surface area contributed by atoms with Crippen LogP contribution < -0.4 is 11.3 Å². The van der Waals surface area contributed by atoms with Gasteiger partial charge in [0.25, 0.3) is 0 Å². The fourth-order valence-electron chi connectivity index (χ4n) is 2.06. The number of nitrogens with one attached hydrogen (secondary N) is 1. The molecule has 0 aliphatic carbocycles. The molecule has 1 atom stereocenters. The lowest BCUT2D eigenvalue weighted by atomic mass is 10.2. The summed E-state index contributed by atoms with van der Waals surface area (Å²) in [5.74, 6) is 6.50. The summed E-state index contributed by atoms with van der Waals surface area (Å²) in [6.07, 6.45) is 5.24. The molecule has 0 saturated carbocycles. The maximum Gasteiger partial charge on any atom is 0.133 e. The van der Waals surface area contributed by atoms with Gasteiger partial charge in [0.15, 0.2) is 0 Å². The Morgan fingerprint density at radius 3 is 2.80 bits per heavy atom. The van der Waals surface area contributed by atoms with Crippen LogP contribution in [-0.2, 0) is 13.6 Å². The van der Waals surface area contributed by atoms with Crippen molar-refractivity contribution in [3.63, 3.8) is 0 Å². The van der Waals surface area contributed by atoms with Crippen LogP contribution in [0.5, 0.6) is 0 Å². The molecule has 1 unspecified atom stereocenters. The van der Waals surface area contributed by atoms with Crippen LogP contribution in [0.2, 0.25) is 5.02 Å². The molecule has 0 aliphatic rings. The molecule has 0 saturated heterocycles. The van der Waals surface area contributed by atoms with Crippen LogP contribution in [-0.4, -0.2) is 44.9 Å². The highest BCUT2D eigenvalue weighted by atomic mass is 35.5. The Morgan fingerprint density at radius 1 is 1.50 bits per heavy atom. The Balaban J connectivity index is 2.34. The van der Waals surface area contributed by atoms with Gasteiger partial charge in [0.2, 0.25) is 0 Å². The average Bonchev–Trinajstić information content (AvgIpc) is 2.97. The van der Waals surface area contributed by atoms with Crippen molar-refractivity contribution in [1.82, 2.24) is 29.7 Å². The van der Waals surface area contributed by atoms with Crippen molar-refractivity contribution in [2.75, 3.05) is 20.6 Å². The van der Waals surface area contributed by atoms with Crippen molar-refractivity contribution in [2.45, 2.75) is 12.6 Å². The Bertz CT molecular complexity index is 560. The Morgan fingerprint density at radius 2 is 2.25 bits per heavy atom. The molecule has 3 N–H and O–H groups in total. The number of imidazole rings is 1. The van der Waals surface area contributed by atoms with Crippen LogP contribution in [0.4, 0.5) is 0 Å². The molecule has 7 nitrogen and oxygen atoms in total. The van der Waals surface area contributed by atoms with Gasteiger partial charge in [0, 0.05) is 26.0 Å². The SMILES string of the molecule is CN(C)CCn1ncc(Cl)c1C(NN)c1nccn1C. The number of halogens is 1. The number of nitrogens with zero attached hydrogens (tertiary/aromatic N) is 5. The van der Waals surface area contributed by atoms with E-state index in [0.717, 1.165) is 24.6 Å². The van der Waals surface area contributed by atoms with Crippen molar-refractivity contribution < 1.29 is 0 Å². The van der Waals surface area contributed by atoms with Crippen LogP contribution in [0, 0.1) is 0 Å². The first-order valence-corrected chi connectivity index (χ1v) is 6.71. The minimum atomic E-state index is -0.299. The molecule has 110 valence electrons. The van der Waals surface area contributed by atoms with Crippen molar-refractivity contribution in [3.8, 4) is 0 Å². The number of hydrogen-bond acceptors (Lipinski definition) is 5. The van der Waals surface area contributed by atoms with Crippen LogP contribution in [0.25, 0.3) is 0 Å². The van der Waals surface area contributed by atoms with Crippen LogP contribution >= 0.6 is 11.6 Å². The monoisotopic (exact) mass is 297 g/mol. The minimum Gasteiger partial charge on any atom is -0.336 e. The van der Waals surface area contributed by atoms with Gasteiger partial charge in [0.1, 0.15) is 11.9 Å². The van der Waals surface area contributed by atoms with Crippen molar-refractivity contribution in [1.29, 1.82) is 0 Å². The zero-order chi connectivity index (χ0) is 14.7. The molecular formula is C12H20ClN7. The summed E-state index contributed by atoms with van der Waals surface area (Å²) < 4.78 is 3.77. The summed E-state index contributed by atoms with van der Waals surface area (Å²) >= 11 is 6.27. The van der Waals surface area contributed by atoms with Crippen LogP contribution in [0.3, 0.4) is 0 Å². The maximum atomic E-state index is 6.27. The first-order chi connectivity index (χ1) is 9.54. The lowest BCUT2D eigenvalue weighted by molar-refractivity contribution is 0.364. The van der Waals surface area contributed by atoms with Crippen LogP contribution in [0.1, 0.15) is 17.6 Å². The van der Waals surface area contributed by atoms with E-state index in [4.69, 9.17) is 17.4 Å². The molecule has 2 rings (SSSR count). The van der Waals surface area contributed by atoms with E-state index < -0.39 is 0 Å². The molecule has 0 amide bonds. The molecule has 8 heteroatoms. The second kappa shape index (κ2) is 6.36. The van der Waals surface area contributed by atoms with Gasteiger partial charge in [-0.05, 0) is 14.1 Å². The summed E-state index contributed by atoms with van der Waals surface area (Å²) in [6.45, 7) is 1.60. The van der Waals surface area contributed by atoms with Gasteiger partial charge in [-0.15, -0.1) is 0 Å². The molecule has 0 fully saturated rings. The quantitative estimate of drug-likeness (QED) is 0.596. The number of aryl methyl sites for hydroxylation is 1. The van der Waals surface area contributed by atoms with E-state index in [1.54, 1.807) is 12.4 Å². The summed E-state index contributed by atoms with van der Waals surface area (Å²) in [5, 5.41) is 4.90. The van der Waals surface area contributed by atoms with E-state index in [-0.39, 0.29) is 6.04 Å². The van der Waals surface area contributed by atoms with Crippen LogP contribution in [0.15, 0.2) is 18.6 Å². The van der Waals surface area contributed by atoms with E-state index in [9.17, 15) is 0 Å². The van der Waals surface area contributed by atoms with Gasteiger partial charge < -0.3 is 9.47 Å². The summed E-state index contributed by atoms with van der Waals surface area (Å²) in [6, 6.07) is -0.299. The zero-order valence-electron chi connectivity index (χ0n) is 11.9. The van der Waals surface area contributed by atoms with Crippen molar-refractivity contribution >= 4 is 11.6 Å². The predicted octanol–water partition coefficient (Wildman–Crippen LogP) is 0.384. The van der Waals surface area contributed by atoms with E-state index in [1.165, 1.54) is 0 Å². The number of aromatic nitrogens is 4. The molecule has 0 bridgehead atoms. The topological polar surface area (TPSA) is 76.9 Å². The minimum absolute atomic E-state index is 0.299. The molecule has 0 aliphatic heterocycles. The number of nitrogens with two attached hydrogens (primary N) is 1. The van der Waals surface area contributed by atoms with Gasteiger partial charge in [-0.3, -0.25) is 10.5 Å². The van der Waals surface area contributed by atoms with E-state index >= 15 is 0 Å². The molecular weight excluding hydrogens is 278 g/mol. The first-order valence-electron chi connectivity index (χ1n) is 6.34. The normalized spacial score (nSPS) is 13.1. The molecule has 0 spiro atoms. The van der Waals surface area contributed by atoms with Gasteiger partial charge >= 0.3 is 0 Å². The Kier molecular flexibility index (Phi) is 4.77. The van der Waals surface area contributed by atoms with E-state index in [2.05, 4.69) is 20.4 Å². The third-order valence-corrected chi connectivity index (χ3v) is 3.44. The summed E-state index contributed by atoms with van der Waals surface area (Å²) in [4.78, 5) is 6.42. The fourth-order valence-corrected chi connectivity index (χ4v) is 2.31. The smallest absolute Gasteiger partial charge is 0.133 e. The molecule has 2 aromatic heterocycles. The number of hydrazine groups is 1. The summed E-state index contributed by atoms with van der Waals surface area (Å²) in [5.41, 5.74) is 3.60. The third-order valence-electron chi connectivity index (χ3n) is 3.15. The molecule has 20 heavy (non-hydrogen) atoms. The largest absolute Gasteiger partial charge is 0.336 e. The Labute approximate surface area is 123 Å². The van der Waals surface area contributed by atoms with E-state index in [1.807, 2.05) is 36.6 Å². The van der Waals surface area contributed by atoms with Crippen molar-refractivity contribution in [3.05, 3.63) is 35.1 Å². The number of likely N-dealkylation sites (N-methyl/N-ethyl adjacent to an activating group) is 1. The van der Waals surface area contributed by atoms with Gasteiger partial charge in [0.05, 0.1) is 23.5 Å². The molecule has 2 aromatic rings. The maximum absolute atomic E-state index is 6.27. The van der Waals surface area contributed by atoms with E-state index in [0.29, 0.717) is 5.02 Å². The van der Waals surface area contributed by atoms with Gasteiger partial charge in [-0.25, -0.2) is 10.4 Å². The molecule has 2 heterocycles. The average molecular weight is 298 g/mol.